The SMILES string of the molecule is CC(C)Oc1cccc(C(=O)C(F)F)c1F. The molecule has 88 valence electrons. The Bertz CT molecular complexity index is 389. The maximum Gasteiger partial charge on any atom is 0.300 e. The van der Waals surface area contributed by atoms with Gasteiger partial charge in [0.25, 0.3) is 0 Å². The normalized spacial score (nSPS) is 10.9. The number of hydrogen-bond donors (Lipinski definition) is 0. The van der Waals surface area contributed by atoms with Crippen molar-refractivity contribution in [2.45, 2.75) is 26.4 Å². The molecule has 0 aliphatic rings. The molecule has 0 saturated heterocycles. The van der Waals surface area contributed by atoms with E-state index in [0.717, 1.165) is 6.07 Å². The lowest BCUT2D eigenvalue weighted by Gasteiger charge is -2.12. The first-order valence-corrected chi connectivity index (χ1v) is 4.71. The third-order valence-electron chi connectivity index (χ3n) is 1.79. The molecule has 0 N–H and O–H groups in total. The number of hydrogen-bond acceptors (Lipinski definition) is 2. The second kappa shape index (κ2) is 5.01. The fraction of sp³-hybridized carbons (Fsp3) is 0.364. The smallest absolute Gasteiger partial charge is 0.300 e. The minimum absolute atomic E-state index is 0.193. The Morgan fingerprint density at radius 3 is 2.44 bits per heavy atom. The Labute approximate surface area is 91.0 Å². The van der Waals surface area contributed by atoms with Gasteiger partial charge < -0.3 is 4.74 Å². The first-order chi connectivity index (χ1) is 7.43. The lowest BCUT2D eigenvalue weighted by molar-refractivity contribution is 0.0673. The standard InChI is InChI=1S/C11H11F3O2/c1-6(2)16-8-5-3-4-7(9(8)12)10(15)11(13)14/h3-6,11H,1-2H3. The van der Waals surface area contributed by atoms with Crippen molar-refractivity contribution in [3.8, 4) is 5.75 Å². The highest BCUT2D eigenvalue weighted by Crippen LogP contribution is 2.23. The van der Waals surface area contributed by atoms with E-state index in [0.29, 0.717) is 0 Å². The Morgan fingerprint density at radius 1 is 1.31 bits per heavy atom. The van der Waals surface area contributed by atoms with Gasteiger partial charge in [-0.05, 0) is 26.0 Å². The van der Waals surface area contributed by atoms with Crippen LogP contribution in [0.15, 0.2) is 18.2 Å². The minimum atomic E-state index is -3.22. The van der Waals surface area contributed by atoms with Gasteiger partial charge in [-0.3, -0.25) is 4.79 Å². The number of benzene rings is 1. The number of ether oxygens (including phenoxy) is 1. The summed E-state index contributed by atoms with van der Waals surface area (Å²) >= 11 is 0. The summed E-state index contributed by atoms with van der Waals surface area (Å²) in [5.74, 6) is -2.77. The lowest BCUT2D eigenvalue weighted by atomic mass is 10.1. The van der Waals surface area contributed by atoms with E-state index in [2.05, 4.69) is 0 Å². The summed E-state index contributed by atoms with van der Waals surface area (Å²) in [4.78, 5) is 11.0. The monoisotopic (exact) mass is 232 g/mol. The molecule has 2 nitrogen and oxygen atoms in total. The molecule has 1 rings (SSSR count). The zero-order chi connectivity index (χ0) is 12.3. The highest BCUT2D eigenvalue weighted by Gasteiger charge is 2.23. The molecule has 0 aliphatic heterocycles. The van der Waals surface area contributed by atoms with Crippen LogP contribution in [0.1, 0.15) is 24.2 Å². The fourth-order valence-electron chi connectivity index (χ4n) is 1.16. The van der Waals surface area contributed by atoms with E-state index in [-0.39, 0.29) is 11.9 Å². The number of alkyl halides is 2. The van der Waals surface area contributed by atoms with Gasteiger partial charge in [-0.25, -0.2) is 13.2 Å². The lowest BCUT2D eigenvalue weighted by Crippen LogP contribution is -2.14. The molecule has 16 heavy (non-hydrogen) atoms. The zero-order valence-corrected chi connectivity index (χ0v) is 8.84. The molecule has 0 spiro atoms. The van der Waals surface area contributed by atoms with E-state index >= 15 is 0 Å². The van der Waals surface area contributed by atoms with Crippen molar-refractivity contribution >= 4 is 5.78 Å². The van der Waals surface area contributed by atoms with Gasteiger partial charge >= 0.3 is 6.43 Å². The highest BCUT2D eigenvalue weighted by atomic mass is 19.3. The van der Waals surface area contributed by atoms with Crippen LogP contribution in [-0.4, -0.2) is 18.3 Å². The fourth-order valence-corrected chi connectivity index (χ4v) is 1.16. The van der Waals surface area contributed by atoms with Crippen molar-refractivity contribution in [1.82, 2.24) is 0 Å². The summed E-state index contributed by atoms with van der Waals surface area (Å²) in [5, 5.41) is 0. The molecular formula is C11H11F3O2. The van der Waals surface area contributed by atoms with Gasteiger partial charge in [-0.1, -0.05) is 6.07 Å². The molecule has 0 aliphatic carbocycles. The predicted molar refractivity (Wildman–Crippen MR) is 52.5 cm³/mol. The van der Waals surface area contributed by atoms with E-state index in [1.54, 1.807) is 13.8 Å². The predicted octanol–water partition coefficient (Wildman–Crippen LogP) is 3.06. The van der Waals surface area contributed by atoms with Crippen LogP contribution in [0.2, 0.25) is 0 Å². The molecule has 5 heteroatoms. The van der Waals surface area contributed by atoms with Gasteiger partial charge in [0, 0.05) is 0 Å². The van der Waals surface area contributed by atoms with Crippen LogP contribution in [0.25, 0.3) is 0 Å². The maximum atomic E-state index is 13.6. The van der Waals surface area contributed by atoms with E-state index < -0.39 is 23.6 Å². The van der Waals surface area contributed by atoms with Crippen LogP contribution in [-0.2, 0) is 0 Å². The van der Waals surface area contributed by atoms with E-state index in [1.807, 2.05) is 0 Å². The first-order valence-electron chi connectivity index (χ1n) is 4.71. The van der Waals surface area contributed by atoms with Gasteiger partial charge in [0.05, 0.1) is 11.7 Å². The molecule has 1 aromatic carbocycles. The van der Waals surface area contributed by atoms with Gasteiger partial charge in [0.2, 0.25) is 5.78 Å². The molecule has 0 fully saturated rings. The average Bonchev–Trinajstić information content (AvgIpc) is 2.19. The molecule has 0 amide bonds. The van der Waals surface area contributed by atoms with Crippen molar-refractivity contribution in [1.29, 1.82) is 0 Å². The van der Waals surface area contributed by atoms with Crippen molar-refractivity contribution in [3.63, 3.8) is 0 Å². The van der Waals surface area contributed by atoms with Crippen LogP contribution < -0.4 is 4.74 Å². The molecule has 0 aromatic heterocycles. The second-order valence-electron chi connectivity index (χ2n) is 3.45. The summed E-state index contributed by atoms with van der Waals surface area (Å²) in [5.41, 5.74) is -0.645. The Morgan fingerprint density at radius 2 is 1.94 bits per heavy atom. The van der Waals surface area contributed by atoms with E-state index in [9.17, 15) is 18.0 Å². The van der Waals surface area contributed by atoms with Crippen LogP contribution in [0.4, 0.5) is 13.2 Å². The molecule has 0 unspecified atom stereocenters. The number of rotatable bonds is 4. The molecule has 0 radical (unpaired) electrons. The van der Waals surface area contributed by atoms with Gasteiger partial charge in [0.15, 0.2) is 11.6 Å². The summed E-state index contributed by atoms with van der Waals surface area (Å²) in [6, 6.07) is 3.60. The minimum Gasteiger partial charge on any atom is -0.488 e. The summed E-state index contributed by atoms with van der Waals surface area (Å²) in [7, 11) is 0. The summed E-state index contributed by atoms with van der Waals surface area (Å²) in [6.07, 6.45) is -3.52. The topological polar surface area (TPSA) is 26.3 Å². The third-order valence-corrected chi connectivity index (χ3v) is 1.79. The number of carbonyl (C=O) groups excluding carboxylic acids is 1. The maximum absolute atomic E-state index is 13.6. The number of Topliss-reactive ketones (excluding diaryl/α,β-unsaturated/α-hetero) is 1. The van der Waals surface area contributed by atoms with Crippen LogP contribution in [0.5, 0.6) is 5.75 Å². The highest BCUT2D eigenvalue weighted by molar-refractivity contribution is 5.99. The van der Waals surface area contributed by atoms with Gasteiger partial charge in [-0.2, -0.15) is 0 Å². The number of ketones is 1. The zero-order valence-electron chi connectivity index (χ0n) is 8.84. The largest absolute Gasteiger partial charge is 0.488 e. The van der Waals surface area contributed by atoms with Crippen molar-refractivity contribution in [3.05, 3.63) is 29.6 Å². The van der Waals surface area contributed by atoms with Crippen molar-refractivity contribution < 1.29 is 22.7 Å². The second-order valence-corrected chi connectivity index (χ2v) is 3.45. The molecule has 0 saturated carbocycles. The van der Waals surface area contributed by atoms with Gasteiger partial charge in [-0.15, -0.1) is 0 Å². The average molecular weight is 232 g/mol. The molecule has 0 bridgehead atoms. The molecular weight excluding hydrogens is 221 g/mol. The Balaban J connectivity index is 3.08. The van der Waals surface area contributed by atoms with Crippen molar-refractivity contribution in [2.24, 2.45) is 0 Å². The van der Waals surface area contributed by atoms with Crippen LogP contribution in [0.3, 0.4) is 0 Å². The molecule has 0 heterocycles. The van der Waals surface area contributed by atoms with Gasteiger partial charge in [0.1, 0.15) is 0 Å². The molecule has 0 atom stereocenters. The van der Waals surface area contributed by atoms with Crippen molar-refractivity contribution in [2.75, 3.05) is 0 Å². The number of carbonyl (C=O) groups is 1. The Hall–Kier alpha value is -1.52. The quantitative estimate of drug-likeness (QED) is 0.746. The van der Waals surface area contributed by atoms with Crippen LogP contribution in [0, 0.1) is 5.82 Å². The summed E-state index contributed by atoms with van der Waals surface area (Å²) < 4.78 is 42.9. The Kier molecular flexibility index (Phi) is 3.93. The van der Waals surface area contributed by atoms with E-state index in [4.69, 9.17) is 4.74 Å². The summed E-state index contributed by atoms with van der Waals surface area (Å²) in [6.45, 7) is 3.34. The number of halogens is 3. The van der Waals surface area contributed by atoms with E-state index in [1.165, 1.54) is 12.1 Å². The third kappa shape index (κ3) is 2.74. The molecule has 1 aromatic rings. The first kappa shape index (κ1) is 12.5. The van der Waals surface area contributed by atoms with Crippen LogP contribution >= 0.6 is 0 Å².